The average Bonchev–Trinajstić information content (AvgIpc) is 2.46. The van der Waals surface area contributed by atoms with Crippen LogP contribution in [0, 0.1) is 0 Å². The van der Waals surface area contributed by atoms with E-state index in [9.17, 15) is 18.0 Å². The van der Waals surface area contributed by atoms with Gasteiger partial charge in [-0.1, -0.05) is 11.6 Å². The summed E-state index contributed by atoms with van der Waals surface area (Å²) in [5, 5.41) is 3.02. The van der Waals surface area contributed by atoms with Crippen molar-refractivity contribution >= 4 is 17.5 Å². The van der Waals surface area contributed by atoms with Crippen molar-refractivity contribution in [1.29, 1.82) is 0 Å². The minimum absolute atomic E-state index is 0.00677. The van der Waals surface area contributed by atoms with Crippen LogP contribution in [0.5, 0.6) is 0 Å². The van der Waals surface area contributed by atoms with Gasteiger partial charge in [-0.15, -0.1) is 0 Å². The molecule has 1 amide bonds. The van der Waals surface area contributed by atoms with Crippen molar-refractivity contribution in [2.45, 2.75) is 31.5 Å². The second-order valence-electron chi connectivity index (χ2n) is 5.18. The summed E-state index contributed by atoms with van der Waals surface area (Å²) in [7, 11) is 0. The first kappa shape index (κ1) is 17.0. The van der Waals surface area contributed by atoms with E-state index in [4.69, 9.17) is 11.6 Å². The number of hydrogen-bond donors (Lipinski definition) is 1. The number of carbonyl (C=O) groups excluding carboxylic acids is 1. The number of alkyl halides is 3. The number of piperidine rings is 1. The number of halogens is 4. The monoisotopic (exact) mass is 336 g/mol. The van der Waals surface area contributed by atoms with E-state index >= 15 is 0 Å². The van der Waals surface area contributed by atoms with Crippen LogP contribution >= 0.6 is 11.6 Å². The highest BCUT2D eigenvalue weighted by atomic mass is 35.5. The van der Waals surface area contributed by atoms with Crippen LogP contribution in [0.1, 0.15) is 29.8 Å². The van der Waals surface area contributed by atoms with Gasteiger partial charge in [-0.25, -0.2) is 9.97 Å². The number of likely N-dealkylation sites (tertiary alicyclic amines) is 1. The molecule has 0 spiro atoms. The third kappa shape index (κ3) is 5.42. The maximum atomic E-state index is 12.2. The van der Waals surface area contributed by atoms with Crippen molar-refractivity contribution in [1.82, 2.24) is 20.2 Å². The predicted molar refractivity (Wildman–Crippen MR) is 74.6 cm³/mol. The molecule has 22 heavy (non-hydrogen) atoms. The van der Waals surface area contributed by atoms with Crippen LogP contribution in [0.3, 0.4) is 0 Å². The summed E-state index contributed by atoms with van der Waals surface area (Å²) >= 11 is 5.60. The van der Waals surface area contributed by atoms with Gasteiger partial charge >= 0.3 is 6.18 Å². The first-order valence-electron chi connectivity index (χ1n) is 6.91. The Hall–Kier alpha value is -1.41. The van der Waals surface area contributed by atoms with Crippen molar-refractivity contribution < 1.29 is 18.0 Å². The lowest BCUT2D eigenvalue weighted by Gasteiger charge is -2.32. The molecule has 1 aromatic rings. The lowest BCUT2D eigenvalue weighted by molar-refractivity contribution is -0.138. The molecule has 1 aliphatic heterocycles. The second kappa shape index (κ2) is 7.23. The Kier molecular flexibility index (Phi) is 5.57. The fourth-order valence-electron chi connectivity index (χ4n) is 2.27. The largest absolute Gasteiger partial charge is 0.390 e. The van der Waals surface area contributed by atoms with Crippen LogP contribution in [0.15, 0.2) is 12.4 Å². The van der Waals surface area contributed by atoms with E-state index in [1.54, 1.807) is 4.90 Å². The fourth-order valence-corrected chi connectivity index (χ4v) is 2.37. The van der Waals surface area contributed by atoms with Crippen LogP contribution in [0.2, 0.25) is 5.15 Å². The summed E-state index contributed by atoms with van der Waals surface area (Å²) in [6.07, 6.45) is -1.12. The van der Waals surface area contributed by atoms with E-state index in [1.807, 2.05) is 0 Å². The van der Waals surface area contributed by atoms with Gasteiger partial charge in [0.1, 0.15) is 10.8 Å². The Labute approximate surface area is 130 Å². The zero-order chi connectivity index (χ0) is 16.2. The standard InChI is InChI=1S/C13H16ClF3N4O/c14-11-8-18-10(7-19-11)12(22)20-9-1-4-21(5-2-9)6-3-13(15,16)17/h7-9H,1-6H2,(H,20,22). The number of aromatic nitrogens is 2. The zero-order valence-electron chi connectivity index (χ0n) is 11.7. The molecule has 0 radical (unpaired) electrons. The fraction of sp³-hybridized carbons (Fsp3) is 0.615. The van der Waals surface area contributed by atoms with Gasteiger partial charge in [0.25, 0.3) is 5.91 Å². The Balaban J connectivity index is 1.75. The van der Waals surface area contributed by atoms with E-state index in [2.05, 4.69) is 15.3 Å². The lowest BCUT2D eigenvalue weighted by Crippen LogP contribution is -2.45. The summed E-state index contributed by atoms with van der Waals surface area (Å²) in [5.74, 6) is -0.349. The molecule has 0 bridgehead atoms. The topological polar surface area (TPSA) is 58.1 Å². The Morgan fingerprint density at radius 3 is 2.55 bits per heavy atom. The highest BCUT2D eigenvalue weighted by Gasteiger charge is 2.29. The number of carbonyl (C=O) groups is 1. The van der Waals surface area contributed by atoms with Crippen LogP contribution < -0.4 is 5.32 Å². The molecule has 9 heteroatoms. The van der Waals surface area contributed by atoms with E-state index in [0.29, 0.717) is 25.9 Å². The quantitative estimate of drug-likeness (QED) is 0.916. The highest BCUT2D eigenvalue weighted by molar-refractivity contribution is 6.29. The van der Waals surface area contributed by atoms with Crippen LogP contribution in [0.4, 0.5) is 13.2 Å². The van der Waals surface area contributed by atoms with Crippen molar-refractivity contribution in [3.63, 3.8) is 0 Å². The normalized spacial score (nSPS) is 17.5. The Morgan fingerprint density at radius 1 is 1.32 bits per heavy atom. The number of nitrogens with zero attached hydrogens (tertiary/aromatic N) is 3. The summed E-state index contributed by atoms with van der Waals surface area (Å²) in [6, 6.07) is -0.0629. The SMILES string of the molecule is O=C(NC1CCN(CCC(F)(F)F)CC1)c1cnc(Cl)cn1. The number of nitrogens with one attached hydrogen (secondary N) is 1. The first-order valence-corrected chi connectivity index (χ1v) is 7.29. The van der Waals surface area contributed by atoms with Gasteiger partial charge in [-0.05, 0) is 12.8 Å². The Morgan fingerprint density at radius 2 is 2.00 bits per heavy atom. The summed E-state index contributed by atoms with van der Waals surface area (Å²) in [5.41, 5.74) is 0.170. The van der Waals surface area contributed by atoms with Gasteiger partial charge in [0.15, 0.2) is 0 Å². The van der Waals surface area contributed by atoms with Gasteiger partial charge in [-0.3, -0.25) is 4.79 Å². The van der Waals surface area contributed by atoms with Crippen molar-refractivity contribution in [2.24, 2.45) is 0 Å². The zero-order valence-corrected chi connectivity index (χ0v) is 12.5. The molecule has 0 aromatic carbocycles. The number of hydrogen-bond acceptors (Lipinski definition) is 4. The van der Waals surface area contributed by atoms with E-state index in [-0.39, 0.29) is 29.3 Å². The number of amides is 1. The molecule has 1 fully saturated rings. The third-order valence-electron chi connectivity index (χ3n) is 3.49. The van der Waals surface area contributed by atoms with Gasteiger partial charge in [-0.2, -0.15) is 13.2 Å². The first-order chi connectivity index (χ1) is 10.3. The smallest absolute Gasteiger partial charge is 0.348 e. The minimum atomic E-state index is -4.13. The molecule has 1 N–H and O–H groups in total. The molecule has 0 unspecified atom stereocenters. The molecule has 1 aromatic heterocycles. The second-order valence-corrected chi connectivity index (χ2v) is 5.57. The van der Waals surface area contributed by atoms with Gasteiger partial charge in [0.05, 0.1) is 18.8 Å². The van der Waals surface area contributed by atoms with Crippen LogP contribution in [0.25, 0.3) is 0 Å². The minimum Gasteiger partial charge on any atom is -0.348 e. The molecule has 0 aliphatic carbocycles. The molecule has 1 saturated heterocycles. The summed E-state index contributed by atoms with van der Waals surface area (Å²) in [4.78, 5) is 21.4. The molecule has 0 saturated carbocycles. The van der Waals surface area contributed by atoms with Crippen LogP contribution in [-0.4, -0.2) is 52.6 Å². The molecule has 1 aliphatic rings. The maximum Gasteiger partial charge on any atom is 0.390 e. The molecule has 2 rings (SSSR count). The van der Waals surface area contributed by atoms with E-state index in [0.717, 1.165) is 0 Å². The van der Waals surface area contributed by atoms with Crippen molar-refractivity contribution in [3.8, 4) is 0 Å². The number of rotatable bonds is 4. The predicted octanol–water partition coefficient (Wildman–Crippen LogP) is 2.28. The lowest BCUT2D eigenvalue weighted by atomic mass is 10.0. The summed E-state index contributed by atoms with van der Waals surface area (Å²) < 4.78 is 36.5. The van der Waals surface area contributed by atoms with Gasteiger partial charge < -0.3 is 10.2 Å². The van der Waals surface area contributed by atoms with E-state index in [1.165, 1.54) is 12.4 Å². The average molecular weight is 337 g/mol. The molecule has 122 valence electrons. The molecular formula is C13H16ClF3N4O. The summed E-state index contributed by atoms with van der Waals surface area (Å²) in [6.45, 7) is 1.08. The molecule has 5 nitrogen and oxygen atoms in total. The van der Waals surface area contributed by atoms with Crippen molar-refractivity contribution in [2.75, 3.05) is 19.6 Å². The maximum absolute atomic E-state index is 12.2. The van der Waals surface area contributed by atoms with E-state index < -0.39 is 12.6 Å². The highest BCUT2D eigenvalue weighted by Crippen LogP contribution is 2.21. The molecule has 0 atom stereocenters. The van der Waals surface area contributed by atoms with Crippen LogP contribution in [-0.2, 0) is 0 Å². The van der Waals surface area contributed by atoms with Gasteiger partial charge in [0.2, 0.25) is 0 Å². The Bertz CT molecular complexity index is 501. The van der Waals surface area contributed by atoms with Gasteiger partial charge in [0, 0.05) is 25.7 Å². The third-order valence-corrected chi connectivity index (χ3v) is 3.68. The molecule has 2 heterocycles. The molecular weight excluding hydrogens is 321 g/mol. The van der Waals surface area contributed by atoms with Crippen molar-refractivity contribution in [3.05, 3.63) is 23.2 Å².